The molecule has 4 aromatic rings. The van der Waals surface area contributed by atoms with Gasteiger partial charge in [0.1, 0.15) is 15.5 Å². The molecule has 9 heteroatoms. The van der Waals surface area contributed by atoms with Crippen molar-refractivity contribution >= 4 is 45.1 Å². The molecule has 0 fully saturated rings. The summed E-state index contributed by atoms with van der Waals surface area (Å²) >= 11 is 2.34. The van der Waals surface area contributed by atoms with E-state index in [9.17, 15) is 14.4 Å². The number of benzene rings is 2. The van der Waals surface area contributed by atoms with Crippen molar-refractivity contribution in [2.75, 3.05) is 19.5 Å². The van der Waals surface area contributed by atoms with Gasteiger partial charge in [0.05, 0.1) is 31.4 Å². The normalized spacial score (nSPS) is 10.9. The Labute approximate surface area is 210 Å². The van der Waals surface area contributed by atoms with E-state index in [0.717, 1.165) is 16.9 Å². The van der Waals surface area contributed by atoms with Crippen LogP contribution < -0.4 is 10.3 Å². The number of thiophene rings is 1. The maximum absolute atomic E-state index is 13.7. The van der Waals surface area contributed by atoms with E-state index in [1.165, 1.54) is 11.8 Å². The SMILES string of the molecule is CCOC(=O)c1sc2nc(SCC(=O)c3ccccc3)n(Cc3ccc(OC)cc3)c(=O)c2c1C. The van der Waals surface area contributed by atoms with E-state index in [-0.39, 0.29) is 30.2 Å². The van der Waals surface area contributed by atoms with Crippen molar-refractivity contribution in [2.24, 2.45) is 0 Å². The van der Waals surface area contributed by atoms with Crippen molar-refractivity contribution in [3.63, 3.8) is 0 Å². The fourth-order valence-electron chi connectivity index (χ4n) is 3.59. The minimum atomic E-state index is -0.470. The highest BCUT2D eigenvalue weighted by Crippen LogP contribution is 2.30. The number of ketones is 1. The van der Waals surface area contributed by atoms with Crippen molar-refractivity contribution in [1.29, 1.82) is 0 Å². The number of aryl methyl sites for hydroxylation is 1. The molecule has 0 atom stereocenters. The number of methoxy groups -OCH3 is 1. The monoisotopic (exact) mass is 508 g/mol. The highest BCUT2D eigenvalue weighted by atomic mass is 32.2. The molecule has 0 saturated heterocycles. The smallest absolute Gasteiger partial charge is 0.348 e. The van der Waals surface area contributed by atoms with Crippen LogP contribution in [-0.4, -0.2) is 40.8 Å². The van der Waals surface area contributed by atoms with Crippen molar-refractivity contribution in [2.45, 2.75) is 25.5 Å². The molecule has 0 unspecified atom stereocenters. The van der Waals surface area contributed by atoms with E-state index in [1.807, 2.05) is 42.5 Å². The van der Waals surface area contributed by atoms with Crippen LogP contribution in [0.3, 0.4) is 0 Å². The van der Waals surface area contributed by atoms with Gasteiger partial charge in [-0.2, -0.15) is 0 Å². The van der Waals surface area contributed by atoms with Crippen LogP contribution in [0, 0.1) is 6.92 Å². The summed E-state index contributed by atoms with van der Waals surface area (Å²) in [7, 11) is 1.59. The van der Waals surface area contributed by atoms with Gasteiger partial charge in [-0.3, -0.25) is 14.2 Å². The fraction of sp³-hybridized carbons (Fsp3) is 0.231. The molecule has 0 aliphatic carbocycles. The Hall–Kier alpha value is -3.43. The molecule has 0 bridgehead atoms. The van der Waals surface area contributed by atoms with Crippen LogP contribution in [0.1, 0.15) is 38.1 Å². The zero-order valence-electron chi connectivity index (χ0n) is 19.6. The summed E-state index contributed by atoms with van der Waals surface area (Å²) in [6.45, 7) is 3.97. The van der Waals surface area contributed by atoms with Gasteiger partial charge in [-0.05, 0) is 37.1 Å². The average Bonchev–Trinajstić information content (AvgIpc) is 3.21. The summed E-state index contributed by atoms with van der Waals surface area (Å²) in [4.78, 5) is 44.3. The second-order valence-corrected chi connectivity index (χ2v) is 9.61. The average molecular weight is 509 g/mol. The van der Waals surface area contributed by atoms with Gasteiger partial charge >= 0.3 is 5.97 Å². The van der Waals surface area contributed by atoms with E-state index in [2.05, 4.69) is 0 Å². The van der Waals surface area contributed by atoms with Crippen molar-refractivity contribution in [3.05, 3.63) is 86.5 Å². The van der Waals surface area contributed by atoms with Crippen molar-refractivity contribution < 1.29 is 19.1 Å². The lowest BCUT2D eigenvalue weighted by molar-refractivity contribution is 0.0531. The number of hydrogen-bond donors (Lipinski definition) is 0. The Kier molecular flexibility index (Phi) is 7.67. The third-order valence-corrected chi connectivity index (χ3v) is 7.55. The molecule has 0 radical (unpaired) electrons. The number of Topliss-reactive ketones (excluding diaryl/α,β-unsaturated/α-hetero) is 1. The quantitative estimate of drug-likeness (QED) is 0.136. The number of aromatic nitrogens is 2. The van der Waals surface area contributed by atoms with Crippen LogP contribution in [0.2, 0.25) is 0 Å². The molecule has 0 aliphatic heterocycles. The van der Waals surface area contributed by atoms with E-state index in [4.69, 9.17) is 14.5 Å². The lowest BCUT2D eigenvalue weighted by Gasteiger charge is -2.12. The first-order chi connectivity index (χ1) is 16.9. The Morgan fingerprint density at radius 1 is 1.09 bits per heavy atom. The molecule has 0 saturated carbocycles. The Morgan fingerprint density at radius 2 is 1.80 bits per heavy atom. The van der Waals surface area contributed by atoms with Crippen LogP contribution in [0.25, 0.3) is 10.2 Å². The topological polar surface area (TPSA) is 87.5 Å². The second-order valence-electron chi connectivity index (χ2n) is 7.67. The summed E-state index contributed by atoms with van der Waals surface area (Å²) in [6.07, 6.45) is 0. The maximum atomic E-state index is 13.7. The third kappa shape index (κ3) is 5.31. The summed E-state index contributed by atoms with van der Waals surface area (Å²) < 4.78 is 11.9. The summed E-state index contributed by atoms with van der Waals surface area (Å²) in [5.41, 5.74) is 1.77. The Balaban J connectivity index is 1.76. The molecule has 7 nitrogen and oxygen atoms in total. The van der Waals surface area contributed by atoms with Crippen LogP contribution in [0.4, 0.5) is 0 Å². The molecular weight excluding hydrogens is 484 g/mol. The number of esters is 1. The Morgan fingerprint density at radius 3 is 2.46 bits per heavy atom. The van der Waals surface area contributed by atoms with Gasteiger partial charge in [0.25, 0.3) is 5.56 Å². The minimum Gasteiger partial charge on any atom is -0.497 e. The van der Waals surface area contributed by atoms with Gasteiger partial charge in [0, 0.05) is 5.56 Å². The number of carbonyl (C=O) groups excluding carboxylic acids is 2. The first kappa shape index (κ1) is 24.7. The van der Waals surface area contributed by atoms with Crippen LogP contribution in [0.5, 0.6) is 5.75 Å². The van der Waals surface area contributed by atoms with Gasteiger partial charge in [-0.15, -0.1) is 11.3 Å². The maximum Gasteiger partial charge on any atom is 0.348 e. The minimum absolute atomic E-state index is 0.0597. The number of nitrogens with zero attached hydrogens (tertiary/aromatic N) is 2. The molecule has 2 aromatic heterocycles. The first-order valence-corrected chi connectivity index (χ1v) is 12.8. The molecular formula is C26H24N2O5S2. The standard InChI is InChI=1S/C26H24N2O5S2/c1-4-33-25(31)22-16(2)21-23(35-22)27-26(34-15-20(29)18-8-6-5-7-9-18)28(24(21)30)14-17-10-12-19(32-3)13-11-17/h5-13H,4,14-15H2,1-3H3. The van der Waals surface area contributed by atoms with Crippen LogP contribution in [0.15, 0.2) is 64.5 Å². The summed E-state index contributed by atoms with van der Waals surface area (Å²) in [5.74, 6) is 0.309. The summed E-state index contributed by atoms with van der Waals surface area (Å²) in [5, 5.41) is 0.810. The second kappa shape index (κ2) is 10.9. The molecule has 180 valence electrons. The third-order valence-electron chi connectivity index (χ3n) is 5.40. The number of hydrogen-bond acceptors (Lipinski definition) is 8. The van der Waals surface area contributed by atoms with E-state index in [1.54, 1.807) is 37.7 Å². The van der Waals surface area contributed by atoms with Gasteiger partial charge in [-0.25, -0.2) is 9.78 Å². The number of carbonyl (C=O) groups is 2. The molecule has 0 aliphatic rings. The largest absolute Gasteiger partial charge is 0.497 e. The summed E-state index contributed by atoms with van der Waals surface area (Å²) in [6, 6.07) is 16.4. The van der Waals surface area contributed by atoms with E-state index in [0.29, 0.717) is 37.1 Å². The molecule has 4 rings (SSSR count). The lowest BCUT2D eigenvalue weighted by Crippen LogP contribution is -2.24. The molecule has 35 heavy (non-hydrogen) atoms. The zero-order chi connectivity index (χ0) is 24.9. The number of fused-ring (bicyclic) bond motifs is 1. The van der Waals surface area contributed by atoms with E-state index >= 15 is 0 Å². The van der Waals surface area contributed by atoms with Gasteiger partial charge in [0.15, 0.2) is 10.9 Å². The molecule has 0 N–H and O–H groups in total. The number of rotatable bonds is 9. The number of thioether (sulfide) groups is 1. The molecule has 0 amide bonds. The van der Waals surface area contributed by atoms with E-state index < -0.39 is 5.97 Å². The number of ether oxygens (including phenoxy) is 2. The highest BCUT2D eigenvalue weighted by Gasteiger charge is 2.23. The lowest BCUT2D eigenvalue weighted by atomic mass is 10.2. The fourth-order valence-corrected chi connectivity index (χ4v) is 5.60. The van der Waals surface area contributed by atoms with Crippen molar-refractivity contribution in [1.82, 2.24) is 9.55 Å². The predicted octanol–water partition coefficient (Wildman–Crippen LogP) is 4.98. The molecule has 0 spiro atoms. The molecule has 2 heterocycles. The van der Waals surface area contributed by atoms with Crippen molar-refractivity contribution in [3.8, 4) is 5.75 Å². The Bertz CT molecular complexity index is 1430. The van der Waals surface area contributed by atoms with Gasteiger partial charge in [0.2, 0.25) is 0 Å². The van der Waals surface area contributed by atoms with Crippen LogP contribution >= 0.6 is 23.1 Å². The van der Waals surface area contributed by atoms with Gasteiger partial charge in [-0.1, -0.05) is 54.2 Å². The van der Waals surface area contributed by atoms with Gasteiger partial charge < -0.3 is 9.47 Å². The molecule has 2 aromatic carbocycles. The highest BCUT2D eigenvalue weighted by molar-refractivity contribution is 7.99. The predicted molar refractivity (Wildman–Crippen MR) is 138 cm³/mol. The van der Waals surface area contributed by atoms with Crippen LogP contribution in [-0.2, 0) is 11.3 Å². The first-order valence-electron chi connectivity index (χ1n) is 11.0. The zero-order valence-corrected chi connectivity index (χ0v) is 21.2.